The van der Waals surface area contributed by atoms with Crippen LogP contribution in [0.3, 0.4) is 0 Å². The van der Waals surface area contributed by atoms with E-state index in [1.54, 1.807) is 0 Å². The third-order valence-electron chi connectivity index (χ3n) is 5.58. The van der Waals surface area contributed by atoms with Crippen molar-refractivity contribution in [2.45, 2.75) is 109 Å². The molecule has 3 heteroatoms. The molecule has 1 aliphatic carbocycles. The fourth-order valence-electron chi connectivity index (χ4n) is 4.11. The van der Waals surface area contributed by atoms with E-state index in [0.717, 1.165) is 24.7 Å². The van der Waals surface area contributed by atoms with Gasteiger partial charge in [-0.25, -0.2) is 4.79 Å². The lowest BCUT2D eigenvalue weighted by Crippen LogP contribution is -2.18. The maximum atomic E-state index is 10.5. The Bertz CT molecular complexity index is 303. The number of carboxylic acid groups (broad SMARTS) is 1. The maximum absolute atomic E-state index is 10.5. The summed E-state index contributed by atoms with van der Waals surface area (Å²) in [5.74, 6) is 0.778. The summed E-state index contributed by atoms with van der Waals surface area (Å²) in [5.41, 5.74) is 0. The molecule has 1 rings (SSSR count). The van der Waals surface area contributed by atoms with Crippen LogP contribution in [0.15, 0.2) is 0 Å². The standard InChI is InChI=1S/C20H38O3/c1-2-3-4-5-6-8-12-17-14-11-15-18(17)13-9-7-10-16-19(21)20(22)23/h17-19,21H,2-16H2,1H3,(H,22,23)/t17-,18-,19-/m0/s1. The number of carbonyl (C=O) groups is 1. The molecule has 0 unspecified atom stereocenters. The molecule has 0 heterocycles. The van der Waals surface area contributed by atoms with Crippen molar-refractivity contribution in [2.75, 3.05) is 0 Å². The summed E-state index contributed by atoms with van der Waals surface area (Å²) in [4.78, 5) is 10.5. The Labute approximate surface area is 142 Å². The van der Waals surface area contributed by atoms with Crippen molar-refractivity contribution in [1.82, 2.24) is 0 Å². The highest BCUT2D eigenvalue weighted by Crippen LogP contribution is 2.38. The Morgan fingerprint density at radius 3 is 2.00 bits per heavy atom. The normalized spacial score (nSPS) is 22.3. The Hall–Kier alpha value is -0.570. The first-order valence-corrected chi connectivity index (χ1v) is 10.1. The molecule has 1 saturated carbocycles. The molecule has 23 heavy (non-hydrogen) atoms. The van der Waals surface area contributed by atoms with Gasteiger partial charge in [-0.3, -0.25) is 0 Å². The highest BCUT2D eigenvalue weighted by atomic mass is 16.4. The zero-order chi connectivity index (χ0) is 16.9. The molecule has 0 spiro atoms. The molecular formula is C20H38O3. The number of aliphatic carboxylic acids is 1. The quantitative estimate of drug-likeness (QED) is 0.411. The van der Waals surface area contributed by atoms with Gasteiger partial charge in [-0.05, 0) is 18.3 Å². The van der Waals surface area contributed by atoms with Crippen LogP contribution >= 0.6 is 0 Å². The van der Waals surface area contributed by atoms with Crippen molar-refractivity contribution >= 4 is 5.97 Å². The number of aliphatic hydroxyl groups is 1. The Morgan fingerprint density at radius 2 is 1.43 bits per heavy atom. The summed E-state index contributed by atoms with van der Waals surface area (Å²) in [6, 6.07) is 0. The smallest absolute Gasteiger partial charge is 0.332 e. The molecule has 3 nitrogen and oxygen atoms in total. The van der Waals surface area contributed by atoms with Gasteiger partial charge in [0, 0.05) is 0 Å². The van der Waals surface area contributed by atoms with Gasteiger partial charge in [0.15, 0.2) is 6.10 Å². The summed E-state index contributed by atoms with van der Waals surface area (Å²) in [6.45, 7) is 2.27. The summed E-state index contributed by atoms with van der Waals surface area (Å²) in [7, 11) is 0. The van der Waals surface area contributed by atoms with Crippen molar-refractivity contribution in [3.8, 4) is 0 Å². The third kappa shape index (κ3) is 9.34. The fraction of sp³-hybridized carbons (Fsp3) is 0.950. The molecule has 0 aliphatic heterocycles. The third-order valence-corrected chi connectivity index (χ3v) is 5.58. The first kappa shape index (κ1) is 20.5. The molecule has 0 aromatic carbocycles. The number of rotatable bonds is 14. The lowest BCUT2D eigenvalue weighted by Gasteiger charge is -2.19. The molecule has 0 saturated heterocycles. The van der Waals surface area contributed by atoms with Gasteiger partial charge in [-0.2, -0.15) is 0 Å². The largest absolute Gasteiger partial charge is 0.479 e. The molecule has 0 aromatic rings. The molecule has 2 N–H and O–H groups in total. The summed E-state index contributed by atoms with van der Waals surface area (Å²) < 4.78 is 0. The van der Waals surface area contributed by atoms with Gasteiger partial charge in [0.05, 0.1) is 0 Å². The first-order chi connectivity index (χ1) is 11.1. The van der Waals surface area contributed by atoms with E-state index in [-0.39, 0.29) is 0 Å². The lowest BCUT2D eigenvalue weighted by atomic mass is 9.86. The minimum Gasteiger partial charge on any atom is -0.479 e. The second-order valence-electron chi connectivity index (χ2n) is 7.50. The minimum absolute atomic E-state index is 0.404. The van der Waals surface area contributed by atoms with Gasteiger partial charge in [0.1, 0.15) is 0 Å². The van der Waals surface area contributed by atoms with Crippen LogP contribution in [0.1, 0.15) is 103 Å². The highest BCUT2D eigenvalue weighted by Gasteiger charge is 2.26. The van der Waals surface area contributed by atoms with E-state index in [4.69, 9.17) is 5.11 Å². The topological polar surface area (TPSA) is 57.5 Å². The molecule has 0 aromatic heterocycles. The van der Waals surface area contributed by atoms with Crippen molar-refractivity contribution in [3.63, 3.8) is 0 Å². The molecule has 1 aliphatic rings. The second kappa shape index (κ2) is 12.8. The van der Waals surface area contributed by atoms with Crippen molar-refractivity contribution in [1.29, 1.82) is 0 Å². The van der Waals surface area contributed by atoms with E-state index in [1.807, 2.05) is 0 Å². The van der Waals surface area contributed by atoms with E-state index in [2.05, 4.69) is 6.92 Å². The Balaban J connectivity index is 2.03. The SMILES string of the molecule is CCCCCCCC[C@H]1CCC[C@@H]1CCCCC[C@H](O)C(=O)O. The van der Waals surface area contributed by atoms with E-state index < -0.39 is 12.1 Å². The molecule has 0 radical (unpaired) electrons. The van der Waals surface area contributed by atoms with Crippen LogP contribution < -0.4 is 0 Å². The van der Waals surface area contributed by atoms with E-state index in [1.165, 1.54) is 77.0 Å². The fourth-order valence-corrected chi connectivity index (χ4v) is 4.11. The van der Waals surface area contributed by atoms with Crippen LogP contribution in [0.5, 0.6) is 0 Å². The molecule has 1 fully saturated rings. The van der Waals surface area contributed by atoms with Crippen LogP contribution in [-0.4, -0.2) is 22.3 Å². The van der Waals surface area contributed by atoms with Crippen LogP contribution in [0.4, 0.5) is 0 Å². The minimum atomic E-state index is -1.16. The lowest BCUT2D eigenvalue weighted by molar-refractivity contribution is -0.146. The first-order valence-electron chi connectivity index (χ1n) is 10.1. The zero-order valence-electron chi connectivity index (χ0n) is 15.1. The predicted octanol–water partition coefficient (Wildman–Crippen LogP) is 5.55. The summed E-state index contributed by atoms with van der Waals surface area (Å²) >= 11 is 0. The predicted molar refractivity (Wildman–Crippen MR) is 95.6 cm³/mol. The molecule has 136 valence electrons. The summed E-state index contributed by atoms with van der Waals surface area (Å²) in [6.07, 6.45) is 17.7. The number of hydrogen-bond donors (Lipinski definition) is 2. The monoisotopic (exact) mass is 326 g/mol. The molecule has 3 atom stereocenters. The Kier molecular flexibility index (Phi) is 11.4. The number of unbranched alkanes of at least 4 members (excludes halogenated alkanes) is 7. The Morgan fingerprint density at radius 1 is 0.913 bits per heavy atom. The van der Waals surface area contributed by atoms with Gasteiger partial charge in [-0.1, -0.05) is 96.8 Å². The molecule has 0 amide bonds. The van der Waals surface area contributed by atoms with Crippen LogP contribution in [0, 0.1) is 11.8 Å². The van der Waals surface area contributed by atoms with Gasteiger partial charge in [0.25, 0.3) is 0 Å². The number of hydrogen-bond acceptors (Lipinski definition) is 2. The van der Waals surface area contributed by atoms with Crippen LogP contribution in [0.2, 0.25) is 0 Å². The van der Waals surface area contributed by atoms with Crippen molar-refractivity contribution < 1.29 is 15.0 Å². The van der Waals surface area contributed by atoms with Crippen molar-refractivity contribution in [3.05, 3.63) is 0 Å². The molecule has 0 bridgehead atoms. The van der Waals surface area contributed by atoms with E-state index >= 15 is 0 Å². The van der Waals surface area contributed by atoms with Gasteiger partial charge in [0.2, 0.25) is 0 Å². The number of aliphatic hydroxyl groups excluding tert-OH is 1. The van der Waals surface area contributed by atoms with Gasteiger partial charge < -0.3 is 10.2 Å². The average molecular weight is 327 g/mol. The van der Waals surface area contributed by atoms with Gasteiger partial charge >= 0.3 is 5.97 Å². The second-order valence-corrected chi connectivity index (χ2v) is 7.50. The maximum Gasteiger partial charge on any atom is 0.332 e. The van der Waals surface area contributed by atoms with E-state index in [0.29, 0.717) is 6.42 Å². The highest BCUT2D eigenvalue weighted by molar-refractivity contribution is 5.71. The average Bonchev–Trinajstić information content (AvgIpc) is 2.97. The van der Waals surface area contributed by atoms with Crippen LogP contribution in [-0.2, 0) is 4.79 Å². The van der Waals surface area contributed by atoms with E-state index in [9.17, 15) is 9.90 Å². The summed E-state index contributed by atoms with van der Waals surface area (Å²) in [5, 5.41) is 17.9. The number of carboxylic acids is 1. The molecular weight excluding hydrogens is 288 g/mol. The zero-order valence-corrected chi connectivity index (χ0v) is 15.1. The van der Waals surface area contributed by atoms with Gasteiger partial charge in [-0.15, -0.1) is 0 Å². The van der Waals surface area contributed by atoms with Crippen LogP contribution in [0.25, 0.3) is 0 Å². The van der Waals surface area contributed by atoms with Crippen molar-refractivity contribution in [2.24, 2.45) is 11.8 Å².